The fourth-order valence-corrected chi connectivity index (χ4v) is 3.07. The molecule has 1 aliphatic rings. The number of nitrogens with zero attached hydrogens (tertiary/aromatic N) is 2. The van der Waals surface area contributed by atoms with Gasteiger partial charge in [0.2, 0.25) is 0 Å². The fraction of sp³-hybridized carbons (Fsp3) is 0.812. The number of hydrogen-bond acceptors (Lipinski definition) is 3. The summed E-state index contributed by atoms with van der Waals surface area (Å²) in [5.41, 5.74) is 2.61. The van der Waals surface area contributed by atoms with Crippen molar-refractivity contribution in [2.45, 2.75) is 58.6 Å². The van der Waals surface area contributed by atoms with Crippen molar-refractivity contribution in [2.75, 3.05) is 13.2 Å². The fourth-order valence-electron chi connectivity index (χ4n) is 3.07. The quantitative estimate of drug-likeness (QED) is 0.900. The highest BCUT2D eigenvalue weighted by Crippen LogP contribution is 2.25. The van der Waals surface area contributed by atoms with Crippen molar-refractivity contribution in [1.82, 2.24) is 15.1 Å². The molecule has 1 aromatic heterocycles. The summed E-state index contributed by atoms with van der Waals surface area (Å²) < 4.78 is 7.66. The number of aryl methyl sites for hydroxylation is 1. The third-order valence-electron chi connectivity index (χ3n) is 4.09. The standard InChI is InChI=1S/C16H29N3O/c1-6-14-12(7-8-20-14)9-17-10-13-11-19(5)18-15(13)16(2,3)4/h11-12,14,17H,6-10H2,1-5H3. The lowest BCUT2D eigenvalue weighted by Gasteiger charge is -2.19. The Morgan fingerprint density at radius 3 is 2.85 bits per heavy atom. The van der Waals surface area contributed by atoms with Crippen LogP contribution in [0.3, 0.4) is 0 Å². The van der Waals surface area contributed by atoms with Crippen LogP contribution in [0, 0.1) is 5.92 Å². The van der Waals surface area contributed by atoms with E-state index in [9.17, 15) is 0 Å². The number of rotatable bonds is 5. The predicted octanol–water partition coefficient (Wildman–Crippen LogP) is 2.62. The lowest BCUT2D eigenvalue weighted by atomic mass is 9.89. The van der Waals surface area contributed by atoms with Crippen molar-refractivity contribution in [1.29, 1.82) is 0 Å². The summed E-state index contributed by atoms with van der Waals surface area (Å²) in [7, 11) is 2.00. The molecular formula is C16H29N3O. The highest BCUT2D eigenvalue weighted by molar-refractivity contribution is 5.23. The molecule has 0 aliphatic carbocycles. The molecule has 0 radical (unpaired) electrons. The monoisotopic (exact) mass is 279 g/mol. The molecule has 2 heterocycles. The van der Waals surface area contributed by atoms with E-state index in [1.807, 2.05) is 11.7 Å². The zero-order valence-electron chi connectivity index (χ0n) is 13.6. The van der Waals surface area contributed by atoms with Crippen LogP contribution in [0.4, 0.5) is 0 Å². The summed E-state index contributed by atoms with van der Waals surface area (Å²) in [5, 5.41) is 8.22. The molecule has 4 nitrogen and oxygen atoms in total. The van der Waals surface area contributed by atoms with Gasteiger partial charge in [0.15, 0.2) is 0 Å². The topological polar surface area (TPSA) is 39.1 Å². The van der Waals surface area contributed by atoms with Gasteiger partial charge in [0.05, 0.1) is 11.8 Å². The van der Waals surface area contributed by atoms with Crippen LogP contribution >= 0.6 is 0 Å². The van der Waals surface area contributed by atoms with Crippen LogP contribution in [0.2, 0.25) is 0 Å². The van der Waals surface area contributed by atoms with Gasteiger partial charge in [0.1, 0.15) is 0 Å². The maximum absolute atomic E-state index is 5.74. The van der Waals surface area contributed by atoms with Gasteiger partial charge in [-0.2, -0.15) is 5.10 Å². The Balaban J connectivity index is 1.91. The Bertz CT molecular complexity index is 433. The lowest BCUT2D eigenvalue weighted by Crippen LogP contribution is -2.28. The van der Waals surface area contributed by atoms with E-state index in [1.54, 1.807) is 0 Å². The molecular weight excluding hydrogens is 250 g/mol. The number of hydrogen-bond donors (Lipinski definition) is 1. The normalized spacial score (nSPS) is 23.4. The third-order valence-corrected chi connectivity index (χ3v) is 4.09. The van der Waals surface area contributed by atoms with Crippen LogP contribution in [0.1, 0.15) is 51.8 Å². The van der Waals surface area contributed by atoms with Gasteiger partial charge in [-0.3, -0.25) is 4.68 Å². The largest absolute Gasteiger partial charge is 0.378 e. The van der Waals surface area contributed by atoms with E-state index in [2.05, 4.69) is 44.3 Å². The molecule has 1 aromatic rings. The average molecular weight is 279 g/mol. The Hall–Kier alpha value is -0.870. The van der Waals surface area contributed by atoms with Crippen molar-refractivity contribution in [3.63, 3.8) is 0 Å². The summed E-state index contributed by atoms with van der Waals surface area (Å²) in [6, 6.07) is 0. The zero-order chi connectivity index (χ0) is 14.8. The average Bonchev–Trinajstić information content (AvgIpc) is 2.95. The van der Waals surface area contributed by atoms with Gasteiger partial charge in [-0.15, -0.1) is 0 Å². The van der Waals surface area contributed by atoms with E-state index < -0.39 is 0 Å². The van der Waals surface area contributed by atoms with Crippen LogP contribution in [-0.4, -0.2) is 29.0 Å². The second-order valence-corrected chi connectivity index (χ2v) is 6.92. The second-order valence-electron chi connectivity index (χ2n) is 6.92. The number of nitrogens with one attached hydrogen (secondary N) is 1. The minimum absolute atomic E-state index is 0.0979. The summed E-state index contributed by atoms with van der Waals surface area (Å²) in [6.07, 6.45) is 4.88. The van der Waals surface area contributed by atoms with Crippen molar-refractivity contribution < 1.29 is 4.74 Å². The highest BCUT2D eigenvalue weighted by Gasteiger charge is 2.26. The van der Waals surface area contributed by atoms with E-state index >= 15 is 0 Å². The van der Waals surface area contributed by atoms with Crippen molar-refractivity contribution >= 4 is 0 Å². The number of ether oxygens (including phenoxy) is 1. The first-order valence-corrected chi connectivity index (χ1v) is 7.77. The molecule has 1 saturated heterocycles. The Labute approximate surface area is 122 Å². The second kappa shape index (κ2) is 6.27. The molecule has 20 heavy (non-hydrogen) atoms. The first-order valence-electron chi connectivity index (χ1n) is 7.77. The molecule has 0 aromatic carbocycles. The van der Waals surface area contributed by atoms with Gasteiger partial charge in [-0.1, -0.05) is 27.7 Å². The van der Waals surface area contributed by atoms with Crippen molar-refractivity contribution in [3.05, 3.63) is 17.5 Å². The van der Waals surface area contributed by atoms with E-state index in [1.165, 1.54) is 17.7 Å². The molecule has 0 spiro atoms. The molecule has 0 saturated carbocycles. The summed E-state index contributed by atoms with van der Waals surface area (Å²) in [5.74, 6) is 0.662. The third kappa shape index (κ3) is 3.61. The van der Waals surface area contributed by atoms with Gasteiger partial charge >= 0.3 is 0 Å². The molecule has 2 rings (SSSR count). The minimum Gasteiger partial charge on any atom is -0.378 e. The van der Waals surface area contributed by atoms with E-state index in [4.69, 9.17) is 4.74 Å². The van der Waals surface area contributed by atoms with Gasteiger partial charge in [-0.25, -0.2) is 0 Å². The molecule has 2 unspecified atom stereocenters. The van der Waals surface area contributed by atoms with Crippen LogP contribution in [-0.2, 0) is 23.7 Å². The molecule has 1 N–H and O–H groups in total. The van der Waals surface area contributed by atoms with Crippen molar-refractivity contribution in [2.24, 2.45) is 13.0 Å². The SMILES string of the molecule is CCC1OCCC1CNCc1cn(C)nc1C(C)(C)C. The van der Waals surface area contributed by atoms with E-state index in [-0.39, 0.29) is 5.41 Å². The van der Waals surface area contributed by atoms with Gasteiger partial charge in [0, 0.05) is 43.9 Å². The zero-order valence-corrected chi connectivity index (χ0v) is 13.6. The smallest absolute Gasteiger partial charge is 0.0722 e. The highest BCUT2D eigenvalue weighted by atomic mass is 16.5. The first kappa shape index (κ1) is 15.5. The summed E-state index contributed by atoms with van der Waals surface area (Å²) in [4.78, 5) is 0. The molecule has 1 fully saturated rings. The molecule has 0 amide bonds. The molecule has 2 atom stereocenters. The van der Waals surface area contributed by atoms with Crippen LogP contribution in [0.5, 0.6) is 0 Å². The van der Waals surface area contributed by atoms with Crippen LogP contribution in [0.25, 0.3) is 0 Å². The first-order chi connectivity index (χ1) is 9.41. The molecule has 0 bridgehead atoms. The van der Waals surface area contributed by atoms with Gasteiger partial charge in [-0.05, 0) is 18.8 Å². The van der Waals surface area contributed by atoms with Crippen molar-refractivity contribution in [3.8, 4) is 0 Å². The Kier molecular flexibility index (Phi) is 4.86. The summed E-state index contributed by atoms with van der Waals surface area (Å²) >= 11 is 0. The Morgan fingerprint density at radius 2 is 2.20 bits per heavy atom. The lowest BCUT2D eigenvalue weighted by molar-refractivity contribution is 0.0872. The van der Waals surface area contributed by atoms with Crippen LogP contribution < -0.4 is 5.32 Å². The maximum atomic E-state index is 5.74. The van der Waals surface area contributed by atoms with E-state index in [0.717, 1.165) is 26.1 Å². The molecule has 4 heteroatoms. The van der Waals surface area contributed by atoms with Crippen LogP contribution in [0.15, 0.2) is 6.20 Å². The summed E-state index contributed by atoms with van der Waals surface area (Å²) in [6.45, 7) is 11.7. The van der Waals surface area contributed by atoms with Gasteiger partial charge < -0.3 is 10.1 Å². The molecule has 1 aliphatic heterocycles. The predicted molar refractivity (Wildman–Crippen MR) is 81.8 cm³/mol. The Morgan fingerprint density at radius 1 is 1.45 bits per heavy atom. The van der Waals surface area contributed by atoms with E-state index in [0.29, 0.717) is 12.0 Å². The number of aromatic nitrogens is 2. The van der Waals surface area contributed by atoms with Gasteiger partial charge in [0.25, 0.3) is 0 Å². The molecule has 114 valence electrons. The minimum atomic E-state index is 0.0979. The maximum Gasteiger partial charge on any atom is 0.0722 e.